The molecule has 2 aromatic rings. The van der Waals surface area contributed by atoms with Crippen molar-refractivity contribution in [3.05, 3.63) is 65.2 Å². The Morgan fingerprint density at radius 3 is 2.23 bits per heavy atom. The zero-order chi connectivity index (χ0) is 22.4. The summed E-state index contributed by atoms with van der Waals surface area (Å²) in [6, 6.07) is 12.8. The van der Waals surface area contributed by atoms with Crippen LogP contribution in [0.4, 0.5) is 18.9 Å². The Balaban J connectivity index is 1.48. The number of carbonyl (C=O) groups excluding carboxylic acids is 2. The van der Waals surface area contributed by atoms with Gasteiger partial charge in [-0.25, -0.2) is 0 Å². The van der Waals surface area contributed by atoms with Crippen molar-refractivity contribution in [3.63, 3.8) is 0 Å². The molecule has 0 aliphatic carbocycles. The molecule has 0 unspecified atom stereocenters. The van der Waals surface area contributed by atoms with Gasteiger partial charge < -0.3 is 9.80 Å². The molecule has 1 aliphatic heterocycles. The van der Waals surface area contributed by atoms with E-state index >= 15 is 0 Å². The molecule has 0 N–H and O–H groups in total. The van der Waals surface area contributed by atoms with Crippen molar-refractivity contribution < 1.29 is 22.8 Å². The van der Waals surface area contributed by atoms with E-state index in [9.17, 15) is 22.8 Å². The predicted molar refractivity (Wildman–Crippen MR) is 114 cm³/mol. The molecule has 0 saturated carbocycles. The normalized spacial score (nSPS) is 14.6. The molecule has 1 heterocycles. The van der Waals surface area contributed by atoms with Gasteiger partial charge in [0.25, 0.3) is 0 Å². The summed E-state index contributed by atoms with van der Waals surface area (Å²) in [6.45, 7) is 3.87. The molecule has 1 fully saturated rings. The molecule has 1 amide bonds. The van der Waals surface area contributed by atoms with Crippen molar-refractivity contribution in [1.29, 1.82) is 0 Å². The fourth-order valence-electron chi connectivity index (χ4n) is 3.76. The minimum Gasteiger partial charge on any atom is -0.368 e. The van der Waals surface area contributed by atoms with Crippen LogP contribution < -0.4 is 4.90 Å². The third-order valence-corrected chi connectivity index (χ3v) is 5.55. The maximum Gasteiger partial charge on any atom is 0.416 e. The van der Waals surface area contributed by atoms with Gasteiger partial charge in [0.2, 0.25) is 5.91 Å². The van der Waals surface area contributed by atoms with Crippen LogP contribution in [0.15, 0.2) is 48.5 Å². The maximum absolute atomic E-state index is 12.9. The quantitative estimate of drug-likeness (QED) is 0.580. The lowest BCUT2D eigenvalue weighted by Crippen LogP contribution is -2.48. The lowest BCUT2D eigenvalue weighted by molar-refractivity contribution is -0.137. The Kier molecular flexibility index (Phi) is 7.36. The summed E-state index contributed by atoms with van der Waals surface area (Å²) in [5.41, 5.74) is 1.63. The van der Waals surface area contributed by atoms with Gasteiger partial charge in [0.1, 0.15) is 0 Å². The molecule has 166 valence electrons. The lowest BCUT2D eigenvalue weighted by atomic mass is 10.0. The van der Waals surface area contributed by atoms with Crippen LogP contribution in [0.2, 0.25) is 0 Å². The summed E-state index contributed by atoms with van der Waals surface area (Å²) in [5, 5.41) is 0. The first kappa shape index (κ1) is 22.8. The second kappa shape index (κ2) is 9.98. The molecule has 0 bridgehead atoms. The second-order valence-corrected chi connectivity index (χ2v) is 7.79. The first-order valence-corrected chi connectivity index (χ1v) is 10.6. The van der Waals surface area contributed by atoms with Gasteiger partial charge in [-0.2, -0.15) is 13.2 Å². The van der Waals surface area contributed by atoms with Crippen LogP contribution in [0.3, 0.4) is 0 Å². The summed E-state index contributed by atoms with van der Waals surface area (Å²) in [7, 11) is 0. The average molecular weight is 432 g/mol. The monoisotopic (exact) mass is 432 g/mol. The van der Waals surface area contributed by atoms with Crippen LogP contribution >= 0.6 is 0 Å². The predicted octanol–water partition coefficient (Wildman–Crippen LogP) is 4.97. The largest absolute Gasteiger partial charge is 0.416 e. The number of piperazine rings is 1. The number of benzene rings is 2. The summed E-state index contributed by atoms with van der Waals surface area (Å²) >= 11 is 0. The Morgan fingerprint density at radius 2 is 1.61 bits per heavy atom. The molecule has 1 saturated heterocycles. The van der Waals surface area contributed by atoms with Gasteiger partial charge in [0, 0.05) is 50.3 Å². The molecule has 4 nitrogen and oxygen atoms in total. The molecule has 31 heavy (non-hydrogen) atoms. The highest BCUT2D eigenvalue weighted by Crippen LogP contribution is 2.31. The first-order chi connectivity index (χ1) is 14.8. The van der Waals surface area contributed by atoms with E-state index < -0.39 is 11.7 Å². The molecular weight excluding hydrogens is 405 g/mol. The van der Waals surface area contributed by atoms with E-state index in [1.54, 1.807) is 11.0 Å². The van der Waals surface area contributed by atoms with Crippen LogP contribution in [0.1, 0.15) is 47.7 Å². The van der Waals surface area contributed by atoms with Gasteiger partial charge in [-0.15, -0.1) is 0 Å². The Bertz CT molecular complexity index is 902. The van der Waals surface area contributed by atoms with Crippen molar-refractivity contribution in [2.75, 3.05) is 31.1 Å². The van der Waals surface area contributed by atoms with Gasteiger partial charge >= 0.3 is 6.18 Å². The zero-order valence-electron chi connectivity index (χ0n) is 17.6. The molecule has 1 aliphatic rings. The fraction of sp³-hybridized carbons (Fsp3) is 0.417. The highest BCUT2D eigenvalue weighted by atomic mass is 19.4. The number of amides is 1. The molecular formula is C24H27F3N2O2. The van der Waals surface area contributed by atoms with Gasteiger partial charge in [0.15, 0.2) is 5.78 Å². The molecule has 0 radical (unpaired) electrons. The van der Waals surface area contributed by atoms with Crippen LogP contribution in [0, 0.1) is 0 Å². The van der Waals surface area contributed by atoms with Crippen molar-refractivity contribution in [1.82, 2.24) is 4.90 Å². The van der Waals surface area contributed by atoms with Crippen molar-refractivity contribution >= 4 is 17.4 Å². The number of carbonyl (C=O) groups is 2. The van der Waals surface area contributed by atoms with Crippen LogP contribution in [0.25, 0.3) is 0 Å². The van der Waals surface area contributed by atoms with Crippen molar-refractivity contribution in [3.8, 4) is 0 Å². The Morgan fingerprint density at radius 1 is 0.935 bits per heavy atom. The SMILES string of the molecule is CCCc1ccc(C(=O)CCC(=O)N2CCN(c3cccc(C(F)(F)F)c3)CC2)cc1. The molecule has 0 aromatic heterocycles. The van der Waals surface area contributed by atoms with E-state index in [0.717, 1.165) is 25.0 Å². The summed E-state index contributed by atoms with van der Waals surface area (Å²) in [4.78, 5) is 28.4. The van der Waals surface area contributed by atoms with E-state index in [4.69, 9.17) is 0 Å². The minimum absolute atomic E-state index is 0.0565. The molecule has 0 spiro atoms. The van der Waals surface area contributed by atoms with Crippen molar-refractivity contribution in [2.45, 2.75) is 38.8 Å². The highest BCUT2D eigenvalue weighted by molar-refractivity contribution is 5.98. The Hall–Kier alpha value is -2.83. The van der Waals surface area contributed by atoms with E-state index in [0.29, 0.717) is 37.4 Å². The third kappa shape index (κ3) is 6.09. The molecule has 2 aromatic carbocycles. The second-order valence-electron chi connectivity index (χ2n) is 7.79. The van der Waals surface area contributed by atoms with Gasteiger partial charge in [-0.3, -0.25) is 9.59 Å². The van der Waals surface area contributed by atoms with Gasteiger partial charge in [-0.1, -0.05) is 43.7 Å². The number of anilines is 1. The number of alkyl halides is 3. The fourth-order valence-corrected chi connectivity index (χ4v) is 3.76. The minimum atomic E-state index is -4.38. The van der Waals surface area contributed by atoms with Gasteiger partial charge in [0.05, 0.1) is 5.56 Å². The van der Waals surface area contributed by atoms with E-state index in [-0.39, 0.29) is 24.5 Å². The van der Waals surface area contributed by atoms with Crippen LogP contribution in [0.5, 0.6) is 0 Å². The van der Waals surface area contributed by atoms with E-state index in [1.807, 2.05) is 29.2 Å². The number of nitrogens with zero attached hydrogens (tertiary/aromatic N) is 2. The zero-order valence-corrected chi connectivity index (χ0v) is 17.6. The Labute approximate surface area is 180 Å². The summed E-state index contributed by atoms with van der Waals surface area (Å²) in [6.07, 6.45) is -2.07. The summed E-state index contributed by atoms with van der Waals surface area (Å²) in [5.74, 6) is -0.154. The number of hydrogen-bond donors (Lipinski definition) is 0. The molecule has 7 heteroatoms. The standard InChI is InChI=1S/C24H27F3N2O2/c1-2-4-18-7-9-19(10-8-18)22(30)11-12-23(31)29-15-13-28(14-16-29)21-6-3-5-20(17-21)24(25,26)27/h3,5-10,17H,2,4,11-16H2,1H3. The van der Waals surface area contributed by atoms with Crippen LogP contribution in [-0.4, -0.2) is 42.8 Å². The smallest absolute Gasteiger partial charge is 0.368 e. The number of hydrogen-bond acceptors (Lipinski definition) is 3. The highest BCUT2D eigenvalue weighted by Gasteiger charge is 2.31. The van der Waals surface area contributed by atoms with E-state index in [2.05, 4.69) is 6.92 Å². The topological polar surface area (TPSA) is 40.6 Å². The lowest BCUT2D eigenvalue weighted by Gasteiger charge is -2.36. The number of rotatable bonds is 7. The average Bonchev–Trinajstić information content (AvgIpc) is 2.77. The third-order valence-electron chi connectivity index (χ3n) is 5.55. The maximum atomic E-state index is 12.9. The molecule has 3 rings (SSSR count). The van der Waals surface area contributed by atoms with E-state index in [1.165, 1.54) is 11.6 Å². The van der Waals surface area contributed by atoms with Crippen LogP contribution in [-0.2, 0) is 17.4 Å². The van der Waals surface area contributed by atoms with Crippen molar-refractivity contribution in [2.24, 2.45) is 0 Å². The number of halogens is 3. The number of Topliss-reactive ketones (excluding diaryl/α,β-unsaturated/α-hetero) is 1. The molecule has 0 atom stereocenters. The summed E-state index contributed by atoms with van der Waals surface area (Å²) < 4.78 is 38.8. The number of aryl methyl sites for hydroxylation is 1. The number of ketones is 1. The first-order valence-electron chi connectivity index (χ1n) is 10.6. The van der Waals surface area contributed by atoms with Gasteiger partial charge in [-0.05, 0) is 30.2 Å².